The molecular weight excluding hydrogens is 365 g/mol. The Labute approximate surface area is 144 Å². The van der Waals surface area contributed by atoms with Gasteiger partial charge in [-0.3, -0.25) is 4.79 Å². The van der Waals surface area contributed by atoms with Gasteiger partial charge in [-0.25, -0.2) is 8.42 Å². The summed E-state index contributed by atoms with van der Waals surface area (Å²) in [5.74, 6) is -0.104. The molecule has 122 valence electrons. The summed E-state index contributed by atoms with van der Waals surface area (Å²) in [5.41, 5.74) is -0.692. The Bertz CT molecular complexity index is 693. The summed E-state index contributed by atoms with van der Waals surface area (Å²) in [7, 11) is -3.06. The fourth-order valence-electron chi connectivity index (χ4n) is 2.32. The lowest BCUT2D eigenvalue weighted by atomic mass is 10.0. The zero-order chi connectivity index (χ0) is 16.5. The van der Waals surface area contributed by atoms with Crippen molar-refractivity contribution in [3.05, 3.63) is 28.2 Å². The molecule has 0 spiro atoms. The minimum atomic E-state index is -3.06. The highest BCUT2D eigenvalue weighted by molar-refractivity contribution is 8.00. The van der Waals surface area contributed by atoms with Crippen LogP contribution in [0.15, 0.2) is 23.1 Å². The fourth-order valence-corrected chi connectivity index (χ4v) is 5.82. The second-order valence-electron chi connectivity index (χ2n) is 5.73. The third-order valence-electron chi connectivity index (χ3n) is 3.49. The summed E-state index contributed by atoms with van der Waals surface area (Å²) in [6.07, 6.45) is 0.441. The smallest absolute Gasteiger partial charge is 0.233 e. The monoisotopic (exact) mass is 381 g/mol. The van der Waals surface area contributed by atoms with Gasteiger partial charge in [0.05, 0.1) is 27.3 Å². The first-order valence-corrected chi connectivity index (χ1v) is 10.2. The van der Waals surface area contributed by atoms with Crippen molar-refractivity contribution in [3.8, 4) is 0 Å². The molecule has 1 amide bonds. The maximum Gasteiger partial charge on any atom is 0.233 e. The van der Waals surface area contributed by atoms with Crippen molar-refractivity contribution in [2.45, 2.75) is 36.0 Å². The van der Waals surface area contributed by atoms with Crippen LogP contribution < -0.4 is 5.32 Å². The molecule has 0 bridgehead atoms. The molecular formula is C14H17Cl2NO3S2. The van der Waals surface area contributed by atoms with E-state index >= 15 is 0 Å². The molecule has 1 aliphatic rings. The van der Waals surface area contributed by atoms with Crippen LogP contribution >= 0.6 is 35.0 Å². The van der Waals surface area contributed by atoms with Crippen LogP contribution in [0.2, 0.25) is 10.0 Å². The largest absolute Gasteiger partial charge is 0.349 e. The Morgan fingerprint density at radius 1 is 1.41 bits per heavy atom. The fraction of sp³-hybridized carbons (Fsp3) is 0.500. The zero-order valence-electron chi connectivity index (χ0n) is 12.2. The Morgan fingerprint density at radius 3 is 2.68 bits per heavy atom. The minimum Gasteiger partial charge on any atom is -0.349 e. The van der Waals surface area contributed by atoms with Crippen LogP contribution in [0.3, 0.4) is 0 Å². The van der Waals surface area contributed by atoms with E-state index in [9.17, 15) is 13.2 Å². The van der Waals surface area contributed by atoms with Crippen LogP contribution in [0.1, 0.15) is 20.3 Å². The SMILES string of the molecule is CC(Sc1cc(Cl)ccc1Cl)C(=O)NC1(C)CCS(=O)(=O)C1. The minimum absolute atomic E-state index is 0.0128. The highest BCUT2D eigenvalue weighted by Gasteiger charge is 2.40. The van der Waals surface area contributed by atoms with Gasteiger partial charge in [0.25, 0.3) is 0 Å². The molecule has 1 fully saturated rings. The van der Waals surface area contributed by atoms with E-state index in [4.69, 9.17) is 23.2 Å². The van der Waals surface area contributed by atoms with Gasteiger partial charge in [0.15, 0.2) is 9.84 Å². The van der Waals surface area contributed by atoms with Crippen molar-refractivity contribution in [2.75, 3.05) is 11.5 Å². The molecule has 0 radical (unpaired) electrons. The summed E-state index contributed by atoms with van der Waals surface area (Å²) in [5, 5.41) is 3.52. The molecule has 22 heavy (non-hydrogen) atoms. The summed E-state index contributed by atoms with van der Waals surface area (Å²) < 4.78 is 23.2. The molecule has 2 unspecified atom stereocenters. The number of thioether (sulfide) groups is 1. The van der Waals surface area contributed by atoms with Gasteiger partial charge in [-0.2, -0.15) is 0 Å². The van der Waals surface area contributed by atoms with Crippen molar-refractivity contribution in [3.63, 3.8) is 0 Å². The number of carbonyl (C=O) groups excluding carboxylic acids is 1. The van der Waals surface area contributed by atoms with E-state index in [-0.39, 0.29) is 17.4 Å². The molecule has 0 saturated carbocycles. The maximum atomic E-state index is 12.3. The predicted octanol–water partition coefficient (Wildman–Crippen LogP) is 3.17. The van der Waals surface area contributed by atoms with Crippen molar-refractivity contribution in [2.24, 2.45) is 0 Å². The first kappa shape index (κ1) is 17.9. The lowest BCUT2D eigenvalue weighted by Gasteiger charge is -2.26. The number of nitrogens with one attached hydrogen (secondary N) is 1. The molecule has 4 nitrogen and oxygen atoms in total. The molecule has 1 aliphatic heterocycles. The number of sulfone groups is 1. The van der Waals surface area contributed by atoms with Gasteiger partial charge in [0.1, 0.15) is 0 Å². The standard InChI is InChI=1S/C14H17Cl2NO3S2/c1-9(21-12-7-10(15)3-4-11(12)16)13(18)17-14(2)5-6-22(19,20)8-14/h3-4,7,9H,5-6,8H2,1-2H3,(H,17,18). The van der Waals surface area contributed by atoms with Crippen LogP contribution in [0, 0.1) is 0 Å². The third kappa shape index (κ3) is 4.54. The van der Waals surface area contributed by atoms with Gasteiger partial charge in [0, 0.05) is 9.92 Å². The van der Waals surface area contributed by atoms with Gasteiger partial charge in [-0.1, -0.05) is 23.2 Å². The molecule has 1 aromatic rings. The van der Waals surface area contributed by atoms with Crippen LogP contribution in [0.4, 0.5) is 0 Å². The maximum absolute atomic E-state index is 12.3. The third-order valence-corrected chi connectivity index (χ3v) is 7.23. The molecule has 1 saturated heterocycles. The predicted molar refractivity (Wildman–Crippen MR) is 91.6 cm³/mol. The van der Waals surface area contributed by atoms with Gasteiger partial charge >= 0.3 is 0 Å². The lowest BCUT2D eigenvalue weighted by molar-refractivity contribution is -0.121. The van der Waals surface area contributed by atoms with Crippen LogP contribution in [-0.2, 0) is 14.6 Å². The van der Waals surface area contributed by atoms with Gasteiger partial charge in [-0.15, -0.1) is 11.8 Å². The topological polar surface area (TPSA) is 63.2 Å². The summed E-state index contributed by atoms with van der Waals surface area (Å²) in [4.78, 5) is 13.0. The second kappa shape index (κ2) is 6.59. The van der Waals surface area contributed by atoms with E-state index in [2.05, 4.69) is 5.32 Å². The Kier molecular flexibility index (Phi) is 5.37. The summed E-state index contributed by atoms with van der Waals surface area (Å²) >= 11 is 13.3. The Morgan fingerprint density at radius 2 is 2.09 bits per heavy atom. The number of amides is 1. The number of halogens is 2. The van der Waals surface area contributed by atoms with E-state index in [0.29, 0.717) is 16.5 Å². The highest BCUT2D eigenvalue weighted by Crippen LogP contribution is 2.33. The summed E-state index contributed by atoms with van der Waals surface area (Å²) in [6, 6.07) is 5.07. The van der Waals surface area contributed by atoms with Crippen molar-refractivity contribution in [1.82, 2.24) is 5.32 Å². The molecule has 2 atom stereocenters. The normalized spacial score (nSPS) is 24.9. The van der Waals surface area contributed by atoms with E-state index in [0.717, 1.165) is 4.90 Å². The number of hydrogen-bond acceptors (Lipinski definition) is 4. The van der Waals surface area contributed by atoms with Crippen molar-refractivity contribution >= 4 is 50.7 Å². The second-order valence-corrected chi connectivity index (χ2v) is 10.1. The number of hydrogen-bond donors (Lipinski definition) is 1. The molecule has 2 rings (SSSR count). The highest BCUT2D eigenvalue weighted by atomic mass is 35.5. The van der Waals surface area contributed by atoms with E-state index in [1.54, 1.807) is 32.0 Å². The Balaban J connectivity index is 2.02. The first-order valence-electron chi connectivity index (χ1n) is 6.74. The number of rotatable bonds is 4. The summed E-state index contributed by atoms with van der Waals surface area (Å²) in [6.45, 7) is 3.52. The molecule has 1 aromatic carbocycles. The van der Waals surface area contributed by atoms with E-state index in [1.165, 1.54) is 11.8 Å². The van der Waals surface area contributed by atoms with E-state index in [1.807, 2.05) is 0 Å². The molecule has 1 N–H and O–H groups in total. The molecule has 0 aromatic heterocycles. The van der Waals surface area contributed by atoms with Crippen LogP contribution in [-0.4, -0.2) is 36.6 Å². The average Bonchev–Trinajstić information content (AvgIpc) is 2.67. The molecule has 8 heteroatoms. The molecule has 0 aliphatic carbocycles. The molecule has 1 heterocycles. The van der Waals surface area contributed by atoms with Gasteiger partial charge < -0.3 is 5.32 Å². The number of carbonyl (C=O) groups is 1. The van der Waals surface area contributed by atoms with E-state index < -0.39 is 20.6 Å². The van der Waals surface area contributed by atoms with Crippen molar-refractivity contribution in [1.29, 1.82) is 0 Å². The Hall–Kier alpha value is -0.430. The average molecular weight is 382 g/mol. The van der Waals surface area contributed by atoms with Crippen molar-refractivity contribution < 1.29 is 13.2 Å². The van der Waals surface area contributed by atoms with Gasteiger partial charge in [0.2, 0.25) is 5.91 Å². The quantitative estimate of drug-likeness (QED) is 0.813. The zero-order valence-corrected chi connectivity index (χ0v) is 15.4. The van der Waals surface area contributed by atoms with Gasteiger partial charge in [-0.05, 0) is 38.5 Å². The van der Waals surface area contributed by atoms with Crippen LogP contribution in [0.25, 0.3) is 0 Å². The number of benzene rings is 1. The first-order chi connectivity index (χ1) is 10.1. The lowest BCUT2D eigenvalue weighted by Crippen LogP contribution is -2.49. The van der Waals surface area contributed by atoms with Crippen LogP contribution in [0.5, 0.6) is 0 Å².